The van der Waals surface area contributed by atoms with Crippen LogP contribution >= 0.6 is 0 Å². The minimum absolute atomic E-state index is 0. The third-order valence-electron chi connectivity index (χ3n) is 5.62. The maximum Gasteiger partial charge on any atom is 2.00 e. The summed E-state index contributed by atoms with van der Waals surface area (Å²) in [5.41, 5.74) is 7.37. The Kier molecular flexibility index (Phi) is 18.2. The summed E-state index contributed by atoms with van der Waals surface area (Å²) in [6.07, 6.45) is -6.68. The fraction of sp³-hybridized carbons (Fsp3) is 0.467. The zero-order chi connectivity index (χ0) is 33.0. The van der Waals surface area contributed by atoms with Gasteiger partial charge in [0.05, 0.1) is 11.4 Å². The van der Waals surface area contributed by atoms with E-state index in [9.17, 15) is 26.3 Å². The van der Waals surface area contributed by atoms with Crippen LogP contribution in [-0.2, 0) is 30.0 Å². The van der Waals surface area contributed by atoms with Crippen molar-refractivity contribution in [3.8, 4) is 0 Å². The monoisotopic (exact) mass is 708 g/mol. The molecule has 0 saturated carbocycles. The molecule has 0 atom stereocenters. The van der Waals surface area contributed by atoms with E-state index >= 15 is 0 Å². The van der Waals surface area contributed by atoms with Gasteiger partial charge in [0.15, 0.2) is 0 Å². The van der Waals surface area contributed by atoms with E-state index in [1.54, 1.807) is 0 Å². The van der Waals surface area contributed by atoms with Crippen molar-refractivity contribution >= 4 is 35.7 Å². The Morgan fingerprint density at radius 3 is 0.907 bits per heavy atom. The zero-order valence-electron chi connectivity index (χ0n) is 25.0. The normalized spacial score (nSPS) is 11.9. The van der Waals surface area contributed by atoms with Gasteiger partial charge < -0.3 is 19.8 Å². The second kappa shape index (κ2) is 18.6. The number of hydrogen-bond acceptors (Lipinski definition) is 6. The molecule has 0 spiro atoms. The molecule has 13 heteroatoms. The van der Waals surface area contributed by atoms with Crippen molar-refractivity contribution in [2.24, 2.45) is 9.98 Å². The van der Waals surface area contributed by atoms with E-state index in [2.05, 4.69) is 91.8 Å². The van der Waals surface area contributed by atoms with Crippen molar-refractivity contribution in [1.82, 2.24) is 0 Å². The van der Waals surface area contributed by atoms with Gasteiger partial charge in [-0.2, -0.15) is 26.3 Å². The second-order valence-corrected chi connectivity index (χ2v) is 10.3. The third kappa shape index (κ3) is 14.8. The summed E-state index contributed by atoms with van der Waals surface area (Å²) in [6.45, 7) is 17.8. The van der Waals surface area contributed by atoms with E-state index < -0.39 is 24.3 Å². The van der Waals surface area contributed by atoms with Gasteiger partial charge in [-0.15, -0.1) is 0 Å². The van der Waals surface area contributed by atoms with Crippen LogP contribution in [0.2, 0.25) is 0 Å². The summed E-state index contributed by atoms with van der Waals surface area (Å²) in [5, 5.41) is 17.6. The molecular formula is C30H36F6N2O4Pd. The van der Waals surface area contributed by atoms with E-state index in [-0.39, 0.29) is 20.4 Å². The topological polar surface area (TPSA) is 105 Å². The average Bonchev–Trinajstić information content (AvgIpc) is 2.85. The number of halogens is 6. The van der Waals surface area contributed by atoms with Crippen molar-refractivity contribution in [3.63, 3.8) is 0 Å². The Labute approximate surface area is 262 Å². The first-order valence-corrected chi connectivity index (χ1v) is 13.0. The summed E-state index contributed by atoms with van der Waals surface area (Å²) in [6, 6.07) is 13.0. The molecular weight excluding hydrogens is 673 g/mol. The molecule has 0 amide bonds. The Balaban J connectivity index is 0. The van der Waals surface area contributed by atoms with Crippen LogP contribution in [0.15, 0.2) is 46.4 Å². The van der Waals surface area contributed by atoms with Crippen LogP contribution in [0.4, 0.5) is 37.7 Å². The van der Waals surface area contributed by atoms with E-state index in [0.717, 1.165) is 11.4 Å². The summed E-state index contributed by atoms with van der Waals surface area (Å²) < 4.78 is 63.1. The number of carboxylic acid groups (broad SMARTS) is 2. The van der Waals surface area contributed by atoms with Gasteiger partial charge in [-0.25, -0.2) is 0 Å². The molecule has 43 heavy (non-hydrogen) atoms. The van der Waals surface area contributed by atoms with Crippen molar-refractivity contribution < 1.29 is 66.6 Å². The maximum absolute atomic E-state index is 10.5. The van der Waals surface area contributed by atoms with Crippen LogP contribution in [0.25, 0.3) is 0 Å². The predicted molar refractivity (Wildman–Crippen MR) is 148 cm³/mol. The largest absolute Gasteiger partial charge is 2.00 e. The first kappa shape index (κ1) is 42.1. The number of alkyl halides is 6. The molecule has 2 rings (SSSR count). The van der Waals surface area contributed by atoms with Crippen molar-refractivity contribution in [3.05, 3.63) is 58.7 Å². The standard InChI is InChI=1S/C26H36N2.2C2HF3O2.Pd/c1-17(2)21-11-9-12-22(18(3)4)25(21)27-15-16-28-26-23(19(5)6)13-10-14-24(26)20(7)8;2*3-2(4,5)1(6)7;/h9-20H,1-8H3;2*(H,6,7);/q;;;+2/p-2. The van der Waals surface area contributed by atoms with Crippen LogP contribution in [0.3, 0.4) is 0 Å². The van der Waals surface area contributed by atoms with E-state index in [1.807, 2.05) is 12.4 Å². The van der Waals surface area contributed by atoms with Gasteiger partial charge in [-0.05, 0) is 45.9 Å². The summed E-state index contributed by atoms with van der Waals surface area (Å²) in [4.78, 5) is 27.2. The number of aliphatic imine (C=N–C) groups is 2. The molecule has 6 nitrogen and oxygen atoms in total. The maximum atomic E-state index is 10.5. The molecule has 0 N–H and O–H groups in total. The molecule has 0 aliphatic carbocycles. The Morgan fingerprint density at radius 1 is 0.581 bits per heavy atom. The van der Waals surface area contributed by atoms with Crippen LogP contribution in [0.1, 0.15) is 101 Å². The number of rotatable bonds is 7. The summed E-state index contributed by atoms with van der Waals surface area (Å²) in [5.74, 6) is -4.25. The van der Waals surface area contributed by atoms with Crippen molar-refractivity contribution in [2.45, 2.75) is 91.4 Å². The number of carbonyl (C=O) groups is 2. The molecule has 0 unspecified atom stereocenters. The van der Waals surface area contributed by atoms with Crippen LogP contribution in [0, 0.1) is 0 Å². The van der Waals surface area contributed by atoms with Gasteiger partial charge in [0.2, 0.25) is 0 Å². The van der Waals surface area contributed by atoms with Gasteiger partial charge in [0, 0.05) is 12.4 Å². The molecule has 0 bridgehead atoms. The SMILES string of the molecule is CC(C)c1cccc(C(C)C)c1N=CC=Nc1c(C(C)C)cccc1C(C)C.O=C([O-])C(F)(F)F.O=C([O-])C(F)(F)F.[Pd+2]. The number of aliphatic carboxylic acids is 2. The fourth-order valence-electron chi connectivity index (χ4n) is 3.54. The number of carboxylic acids is 2. The molecule has 242 valence electrons. The molecule has 0 aromatic heterocycles. The molecule has 0 fully saturated rings. The quantitative estimate of drug-likeness (QED) is 0.178. The van der Waals surface area contributed by atoms with Crippen LogP contribution < -0.4 is 10.2 Å². The van der Waals surface area contributed by atoms with Gasteiger partial charge in [-0.3, -0.25) is 9.98 Å². The molecule has 0 aliphatic heterocycles. The van der Waals surface area contributed by atoms with Gasteiger partial charge in [-0.1, -0.05) is 91.8 Å². The van der Waals surface area contributed by atoms with Crippen LogP contribution in [0.5, 0.6) is 0 Å². The number of para-hydroxylation sites is 2. The smallest absolute Gasteiger partial charge is 0.542 e. The van der Waals surface area contributed by atoms with E-state index in [4.69, 9.17) is 29.8 Å². The Bertz CT molecular complexity index is 1090. The molecule has 2 aromatic rings. The fourth-order valence-corrected chi connectivity index (χ4v) is 3.54. The second-order valence-electron chi connectivity index (χ2n) is 10.3. The first-order chi connectivity index (χ1) is 19.1. The number of benzene rings is 2. The number of carbonyl (C=O) groups excluding carboxylic acids is 2. The van der Waals surface area contributed by atoms with E-state index in [1.165, 1.54) is 22.3 Å². The molecule has 0 radical (unpaired) electrons. The number of hydrogen-bond donors (Lipinski definition) is 0. The summed E-state index contributed by atoms with van der Waals surface area (Å²) in [7, 11) is 0. The molecule has 0 saturated heterocycles. The Hall–Kier alpha value is -3.04. The van der Waals surface area contributed by atoms with Gasteiger partial charge >= 0.3 is 32.8 Å². The van der Waals surface area contributed by atoms with Gasteiger partial charge in [0.25, 0.3) is 0 Å². The minimum atomic E-state index is -5.19. The van der Waals surface area contributed by atoms with Crippen molar-refractivity contribution in [1.29, 1.82) is 0 Å². The Morgan fingerprint density at radius 2 is 0.767 bits per heavy atom. The molecule has 0 aliphatic rings. The number of nitrogens with zero attached hydrogens (tertiary/aromatic N) is 2. The van der Waals surface area contributed by atoms with Crippen LogP contribution in [-0.4, -0.2) is 36.7 Å². The third-order valence-corrected chi connectivity index (χ3v) is 5.62. The first-order valence-electron chi connectivity index (χ1n) is 13.0. The van der Waals surface area contributed by atoms with Crippen molar-refractivity contribution in [2.75, 3.05) is 0 Å². The summed E-state index contributed by atoms with van der Waals surface area (Å²) >= 11 is 0. The molecule has 0 heterocycles. The molecule has 2 aromatic carbocycles. The zero-order valence-corrected chi connectivity index (χ0v) is 26.6. The average molecular weight is 709 g/mol. The van der Waals surface area contributed by atoms with Gasteiger partial charge in [0.1, 0.15) is 11.9 Å². The predicted octanol–water partition coefficient (Wildman–Crippen LogP) is 6.88. The minimum Gasteiger partial charge on any atom is -0.542 e. The van der Waals surface area contributed by atoms with E-state index in [0.29, 0.717) is 23.7 Å².